The van der Waals surface area contributed by atoms with Gasteiger partial charge in [0.1, 0.15) is 0 Å². The molecule has 0 aliphatic carbocycles. The number of likely N-dealkylation sites (tertiary alicyclic amines) is 1. The smallest absolute Gasteiger partial charge is 0.257 e. The molecule has 2 N–H and O–H groups in total. The van der Waals surface area contributed by atoms with Crippen molar-refractivity contribution < 1.29 is 23.8 Å². The van der Waals surface area contributed by atoms with Gasteiger partial charge in [0.25, 0.3) is 5.91 Å². The van der Waals surface area contributed by atoms with Gasteiger partial charge in [0.05, 0.1) is 30.8 Å². The summed E-state index contributed by atoms with van der Waals surface area (Å²) in [5, 5.41) is 0. The van der Waals surface area contributed by atoms with Crippen LogP contribution in [0.4, 0.5) is 0 Å². The molecule has 7 heteroatoms. The zero-order chi connectivity index (χ0) is 17.4. The summed E-state index contributed by atoms with van der Waals surface area (Å²) in [6.07, 6.45) is 1.33. The third kappa shape index (κ3) is 2.63. The molecule has 2 fully saturated rings. The maximum atomic E-state index is 13.1. The van der Waals surface area contributed by atoms with E-state index in [1.54, 1.807) is 23.1 Å². The highest BCUT2D eigenvalue weighted by molar-refractivity contribution is 5.98. The van der Waals surface area contributed by atoms with Crippen LogP contribution in [0.1, 0.15) is 23.2 Å². The molecule has 1 aromatic carbocycles. The van der Waals surface area contributed by atoms with Gasteiger partial charge < -0.3 is 24.8 Å². The number of benzene rings is 1. The lowest BCUT2D eigenvalue weighted by molar-refractivity contribution is -0.135. The van der Waals surface area contributed by atoms with Gasteiger partial charge in [0.2, 0.25) is 5.91 Å². The van der Waals surface area contributed by atoms with Gasteiger partial charge in [-0.1, -0.05) is 6.07 Å². The molecule has 25 heavy (non-hydrogen) atoms. The SMILES string of the molecule is NC(=O)[C@]12CCOC[C@H]1CN(C(=O)c1cccc3c1OCCCO3)C2. The Kier molecular flexibility index (Phi) is 4.03. The van der Waals surface area contributed by atoms with E-state index >= 15 is 0 Å². The Bertz CT molecular complexity index is 707. The summed E-state index contributed by atoms with van der Waals surface area (Å²) in [5.41, 5.74) is 5.49. The number of hydrogen-bond donors (Lipinski definition) is 1. The second-order valence-corrected chi connectivity index (χ2v) is 6.91. The molecule has 134 valence electrons. The summed E-state index contributed by atoms with van der Waals surface area (Å²) in [4.78, 5) is 27.0. The standard InChI is InChI=1S/C18H22N2O5/c19-17(22)18-5-8-23-10-12(18)9-20(11-18)16(21)13-3-1-4-14-15(13)25-7-2-6-24-14/h1,3-4,12H,2,5-11H2,(H2,19,22)/t12-,18+/m1/s1. The number of rotatable bonds is 2. The predicted molar refractivity (Wildman–Crippen MR) is 88.5 cm³/mol. The zero-order valence-electron chi connectivity index (χ0n) is 14.0. The highest BCUT2D eigenvalue weighted by Gasteiger charge is 2.53. The Morgan fingerprint density at radius 2 is 2.04 bits per heavy atom. The number of carbonyl (C=O) groups excluding carboxylic acids is 2. The van der Waals surface area contributed by atoms with E-state index in [1.165, 1.54) is 0 Å². The van der Waals surface area contributed by atoms with Crippen LogP contribution in [0.2, 0.25) is 0 Å². The molecule has 3 aliphatic rings. The van der Waals surface area contributed by atoms with Gasteiger partial charge in [-0.25, -0.2) is 0 Å². The minimum Gasteiger partial charge on any atom is -0.490 e. The first-order valence-corrected chi connectivity index (χ1v) is 8.67. The van der Waals surface area contributed by atoms with Crippen molar-refractivity contribution in [1.82, 2.24) is 4.90 Å². The van der Waals surface area contributed by atoms with Crippen LogP contribution >= 0.6 is 0 Å². The van der Waals surface area contributed by atoms with E-state index in [0.29, 0.717) is 63.0 Å². The molecule has 0 saturated carbocycles. The fourth-order valence-corrected chi connectivity index (χ4v) is 4.04. The number of nitrogens with two attached hydrogens (primary N) is 1. The molecule has 7 nitrogen and oxygen atoms in total. The van der Waals surface area contributed by atoms with Crippen molar-refractivity contribution in [2.24, 2.45) is 17.1 Å². The quantitative estimate of drug-likeness (QED) is 0.856. The first-order chi connectivity index (χ1) is 12.1. The molecule has 3 heterocycles. The van der Waals surface area contributed by atoms with Crippen molar-refractivity contribution in [1.29, 1.82) is 0 Å². The molecular weight excluding hydrogens is 324 g/mol. The number of para-hydroxylation sites is 1. The van der Waals surface area contributed by atoms with Crippen LogP contribution < -0.4 is 15.2 Å². The van der Waals surface area contributed by atoms with E-state index in [-0.39, 0.29) is 17.7 Å². The van der Waals surface area contributed by atoms with Crippen LogP contribution in [0.15, 0.2) is 18.2 Å². The zero-order valence-corrected chi connectivity index (χ0v) is 14.0. The van der Waals surface area contributed by atoms with Gasteiger partial charge in [0.15, 0.2) is 11.5 Å². The third-order valence-electron chi connectivity index (χ3n) is 5.49. The summed E-state index contributed by atoms with van der Waals surface area (Å²) in [6, 6.07) is 5.34. The molecule has 1 aromatic rings. The number of nitrogens with zero attached hydrogens (tertiary/aromatic N) is 1. The summed E-state index contributed by atoms with van der Waals surface area (Å²) < 4.78 is 16.9. The highest BCUT2D eigenvalue weighted by atomic mass is 16.5. The monoisotopic (exact) mass is 346 g/mol. The molecule has 0 spiro atoms. The minimum absolute atomic E-state index is 0.0535. The largest absolute Gasteiger partial charge is 0.490 e. The summed E-state index contributed by atoms with van der Waals surface area (Å²) in [7, 11) is 0. The third-order valence-corrected chi connectivity index (χ3v) is 5.49. The van der Waals surface area contributed by atoms with E-state index in [0.717, 1.165) is 6.42 Å². The molecule has 0 bridgehead atoms. The molecule has 0 aromatic heterocycles. The molecule has 2 amide bonds. The van der Waals surface area contributed by atoms with Crippen molar-refractivity contribution in [2.45, 2.75) is 12.8 Å². The van der Waals surface area contributed by atoms with E-state index in [4.69, 9.17) is 19.9 Å². The lowest BCUT2D eigenvalue weighted by Gasteiger charge is -2.34. The van der Waals surface area contributed by atoms with Crippen molar-refractivity contribution in [3.63, 3.8) is 0 Å². The van der Waals surface area contributed by atoms with Crippen LogP contribution in [0.5, 0.6) is 11.5 Å². The van der Waals surface area contributed by atoms with E-state index in [2.05, 4.69) is 0 Å². The average molecular weight is 346 g/mol. The number of carbonyl (C=O) groups is 2. The highest BCUT2D eigenvalue weighted by Crippen LogP contribution is 2.43. The van der Waals surface area contributed by atoms with Crippen LogP contribution in [-0.4, -0.2) is 56.2 Å². The lowest BCUT2D eigenvalue weighted by atomic mass is 9.74. The van der Waals surface area contributed by atoms with E-state index in [9.17, 15) is 9.59 Å². The van der Waals surface area contributed by atoms with Gasteiger partial charge in [-0.3, -0.25) is 9.59 Å². The maximum Gasteiger partial charge on any atom is 0.257 e. The van der Waals surface area contributed by atoms with Crippen molar-refractivity contribution >= 4 is 11.8 Å². The lowest BCUT2D eigenvalue weighted by Crippen LogP contribution is -2.48. The first-order valence-electron chi connectivity index (χ1n) is 8.67. The van der Waals surface area contributed by atoms with Crippen LogP contribution in [0, 0.1) is 11.3 Å². The first kappa shape index (κ1) is 16.2. The number of amides is 2. The topological polar surface area (TPSA) is 91.1 Å². The normalized spacial score (nSPS) is 28.2. The molecule has 2 saturated heterocycles. The molecule has 0 unspecified atom stereocenters. The average Bonchev–Trinajstić information content (AvgIpc) is 2.86. The van der Waals surface area contributed by atoms with Gasteiger partial charge >= 0.3 is 0 Å². The molecule has 4 rings (SSSR count). The number of hydrogen-bond acceptors (Lipinski definition) is 5. The van der Waals surface area contributed by atoms with Gasteiger partial charge in [-0.05, 0) is 18.6 Å². The number of ether oxygens (including phenoxy) is 3. The van der Waals surface area contributed by atoms with Crippen molar-refractivity contribution in [3.05, 3.63) is 23.8 Å². The number of fused-ring (bicyclic) bond motifs is 2. The van der Waals surface area contributed by atoms with Crippen LogP contribution in [0.25, 0.3) is 0 Å². The Hall–Kier alpha value is -2.28. The van der Waals surface area contributed by atoms with Gasteiger partial charge in [-0.15, -0.1) is 0 Å². The number of primary amides is 1. The fraction of sp³-hybridized carbons (Fsp3) is 0.556. The fourth-order valence-electron chi connectivity index (χ4n) is 4.04. The Balaban J connectivity index is 1.63. The van der Waals surface area contributed by atoms with Crippen molar-refractivity contribution in [2.75, 3.05) is 39.5 Å². The summed E-state index contributed by atoms with van der Waals surface area (Å²) >= 11 is 0. The second kappa shape index (κ2) is 6.22. The molecular formula is C18H22N2O5. The van der Waals surface area contributed by atoms with Crippen LogP contribution in [0.3, 0.4) is 0 Å². The summed E-state index contributed by atoms with van der Waals surface area (Å²) in [5.74, 6) is 0.527. The van der Waals surface area contributed by atoms with Crippen molar-refractivity contribution in [3.8, 4) is 11.5 Å². The van der Waals surface area contributed by atoms with Gasteiger partial charge in [0, 0.05) is 32.0 Å². The maximum absolute atomic E-state index is 13.1. The summed E-state index contributed by atoms with van der Waals surface area (Å²) in [6.45, 7) is 2.84. The van der Waals surface area contributed by atoms with E-state index < -0.39 is 5.41 Å². The Morgan fingerprint density at radius 1 is 1.20 bits per heavy atom. The van der Waals surface area contributed by atoms with Gasteiger partial charge in [-0.2, -0.15) is 0 Å². The van der Waals surface area contributed by atoms with E-state index in [1.807, 2.05) is 0 Å². The molecule has 2 atom stereocenters. The molecule has 0 radical (unpaired) electrons. The van der Waals surface area contributed by atoms with Crippen LogP contribution in [-0.2, 0) is 9.53 Å². The Morgan fingerprint density at radius 3 is 2.84 bits per heavy atom. The second-order valence-electron chi connectivity index (χ2n) is 6.91. The minimum atomic E-state index is -0.684. The Labute approximate surface area is 146 Å². The predicted octanol–water partition coefficient (Wildman–Crippen LogP) is 0.812. The molecule has 3 aliphatic heterocycles.